The van der Waals surface area contributed by atoms with Crippen molar-refractivity contribution in [3.8, 4) is 0 Å². The van der Waals surface area contributed by atoms with E-state index in [9.17, 15) is 8.42 Å². The minimum absolute atomic E-state index is 0.0179. The quantitative estimate of drug-likeness (QED) is 0.465. The van der Waals surface area contributed by atoms with Crippen molar-refractivity contribution in [2.24, 2.45) is 0 Å². The van der Waals surface area contributed by atoms with Gasteiger partial charge >= 0.3 is 0 Å². The summed E-state index contributed by atoms with van der Waals surface area (Å²) in [6.07, 6.45) is 2.41. The number of para-hydroxylation sites is 2. The fraction of sp³-hybridized carbons (Fsp3) is 0.273. The summed E-state index contributed by atoms with van der Waals surface area (Å²) in [7, 11) is -3.81. The zero-order valence-corrected chi connectivity index (χ0v) is 18.4. The predicted molar refractivity (Wildman–Crippen MR) is 122 cm³/mol. The first-order valence-electron chi connectivity index (χ1n) is 10.6. The van der Waals surface area contributed by atoms with Gasteiger partial charge in [0.2, 0.25) is 0 Å². The van der Waals surface area contributed by atoms with E-state index in [0.29, 0.717) is 23.4 Å². The van der Waals surface area contributed by atoms with Crippen LogP contribution < -0.4 is 10.0 Å². The molecule has 9 nitrogen and oxygen atoms in total. The van der Waals surface area contributed by atoms with Crippen molar-refractivity contribution in [2.45, 2.75) is 43.7 Å². The van der Waals surface area contributed by atoms with E-state index in [2.05, 4.69) is 30.1 Å². The van der Waals surface area contributed by atoms with Gasteiger partial charge in [-0.25, -0.2) is 28.1 Å². The van der Waals surface area contributed by atoms with Crippen LogP contribution >= 0.6 is 0 Å². The Bertz CT molecular complexity index is 1370. The van der Waals surface area contributed by atoms with Gasteiger partial charge in [-0.05, 0) is 30.7 Å². The molecule has 1 aliphatic rings. The predicted octanol–water partition coefficient (Wildman–Crippen LogP) is 3.01. The minimum Gasteiger partial charge on any atom is -0.362 e. The molecule has 164 valence electrons. The van der Waals surface area contributed by atoms with Crippen LogP contribution in [-0.4, -0.2) is 39.2 Å². The largest absolute Gasteiger partial charge is 0.362 e. The molecule has 0 spiro atoms. The Labute approximate surface area is 186 Å². The van der Waals surface area contributed by atoms with E-state index in [4.69, 9.17) is 0 Å². The normalized spacial score (nSPS) is 16.0. The highest BCUT2D eigenvalue weighted by atomic mass is 32.2. The van der Waals surface area contributed by atoms with Gasteiger partial charge in [0.25, 0.3) is 10.0 Å². The van der Waals surface area contributed by atoms with E-state index >= 15 is 0 Å². The number of hydrogen-bond donors (Lipinski definition) is 2. The molecule has 32 heavy (non-hydrogen) atoms. The van der Waals surface area contributed by atoms with Crippen LogP contribution in [0.15, 0.2) is 59.5 Å². The van der Waals surface area contributed by atoms with Crippen LogP contribution in [0.25, 0.3) is 11.0 Å². The summed E-state index contributed by atoms with van der Waals surface area (Å²) in [6.45, 7) is 2.66. The van der Waals surface area contributed by atoms with Crippen molar-refractivity contribution in [3.05, 3.63) is 66.2 Å². The maximum absolute atomic E-state index is 13.0. The number of nitrogens with zero attached hydrogens (tertiary/aromatic N) is 5. The summed E-state index contributed by atoms with van der Waals surface area (Å²) in [4.78, 5) is 14.0. The molecule has 0 radical (unpaired) electrons. The minimum atomic E-state index is -3.81. The van der Waals surface area contributed by atoms with Gasteiger partial charge in [-0.1, -0.05) is 37.3 Å². The summed E-state index contributed by atoms with van der Waals surface area (Å²) in [5, 5.41) is 7.95. The maximum Gasteiger partial charge on any atom is 0.263 e. The van der Waals surface area contributed by atoms with Crippen molar-refractivity contribution >= 4 is 32.7 Å². The zero-order valence-electron chi connectivity index (χ0n) is 17.6. The molecule has 0 aliphatic carbocycles. The summed E-state index contributed by atoms with van der Waals surface area (Å²) in [6, 6.07) is 15.6. The Balaban J connectivity index is 1.48. The molecule has 0 saturated carbocycles. The van der Waals surface area contributed by atoms with E-state index in [1.54, 1.807) is 36.4 Å². The molecule has 2 aromatic heterocycles. The van der Waals surface area contributed by atoms with E-state index < -0.39 is 10.0 Å². The number of aromatic nitrogens is 5. The molecule has 1 aliphatic heterocycles. The van der Waals surface area contributed by atoms with Gasteiger partial charge in [0.15, 0.2) is 17.5 Å². The van der Waals surface area contributed by atoms with Gasteiger partial charge in [-0.3, -0.25) is 4.72 Å². The molecule has 0 bridgehead atoms. The number of fused-ring (bicyclic) bond motifs is 2. The third kappa shape index (κ3) is 4.01. The summed E-state index contributed by atoms with van der Waals surface area (Å²) in [5.41, 5.74) is 1.29. The topological polar surface area (TPSA) is 115 Å². The highest BCUT2D eigenvalue weighted by Crippen LogP contribution is 2.26. The first-order valence-corrected chi connectivity index (χ1v) is 12.0. The summed E-state index contributed by atoms with van der Waals surface area (Å²) in [5.74, 6) is 2.38. The van der Waals surface area contributed by atoms with Crippen LogP contribution in [0.4, 0.5) is 11.6 Å². The molecule has 1 atom stereocenters. The van der Waals surface area contributed by atoms with Gasteiger partial charge in [0.05, 0.1) is 22.5 Å². The monoisotopic (exact) mass is 449 g/mol. The molecule has 3 heterocycles. The summed E-state index contributed by atoms with van der Waals surface area (Å²) >= 11 is 0. The van der Waals surface area contributed by atoms with E-state index in [1.165, 1.54) is 0 Å². The lowest BCUT2D eigenvalue weighted by atomic mass is 10.1. The number of aryl methyl sites for hydroxylation is 2. The standard InChI is InChI=1S/C22H23N7O2S/c1-2-19-26-20-13-12-15(14-29(20)27-19)23-21-22(25-18-11-7-6-10-17(18)24-21)28-32(30,31)16-8-4-3-5-9-16/h3-11,15H,2,12-14H2,1H3,(H,23,24)(H,25,28). The van der Waals surface area contributed by atoms with Gasteiger partial charge in [0, 0.05) is 18.9 Å². The summed E-state index contributed by atoms with van der Waals surface area (Å²) < 4.78 is 30.4. The van der Waals surface area contributed by atoms with Gasteiger partial charge in [0.1, 0.15) is 5.82 Å². The number of anilines is 2. The van der Waals surface area contributed by atoms with Crippen LogP contribution in [0.1, 0.15) is 25.0 Å². The highest BCUT2D eigenvalue weighted by molar-refractivity contribution is 7.92. The Morgan fingerprint density at radius 1 is 0.969 bits per heavy atom. The van der Waals surface area contributed by atoms with Crippen LogP contribution in [0.5, 0.6) is 0 Å². The smallest absolute Gasteiger partial charge is 0.263 e. The molecule has 0 amide bonds. The van der Waals surface area contributed by atoms with E-state index in [-0.39, 0.29) is 16.8 Å². The van der Waals surface area contributed by atoms with E-state index in [1.807, 2.05) is 29.8 Å². The first-order chi connectivity index (χ1) is 15.5. The van der Waals surface area contributed by atoms with Crippen LogP contribution in [0.2, 0.25) is 0 Å². The second-order valence-corrected chi connectivity index (χ2v) is 9.37. The van der Waals surface area contributed by atoms with Crippen molar-refractivity contribution in [2.75, 3.05) is 10.0 Å². The third-order valence-electron chi connectivity index (χ3n) is 5.41. The number of benzene rings is 2. The van der Waals surface area contributed by atoms with Crippen LogP contribution in [0.3, 0.4) is 0 Å². The average Bonchev–Trinajstić information content (AvgIpc) is 3.22. The maximum atomic E-state index is 13.0. The van der Waals surface area contributed by atoms with Crippen molar-refractivity contribution in [3.63, 3.8) is 0 Å². The highest BCUT2D eigenvalue weighted by Gasteiger charge is 2.24. The Kier molecular flexibility index (Phi) is 5.22. The fourth-order valence-electron chi connectivity index (χ4n) is 3.78. The molecule has 1 unspecified atom stereocenters. The zero-order chi connectivity index (χ0) is 22.1. The van der Waals surface area contributed by atoms with Crippen LogP contribution in [-0.2, 0) is 29.4 Å². The Morgan fingerprint density at radius 3 is 2.38 bits per heavy atom. The number of sulfonamides is 1. The molecule has 10 heteroatoms. The average molecular weight is 450 g/mol. The molecule has 0 fully saturated rings. The van der Waals surface area contributed by atoms with Crippen molar-refractivity contribution in [1.82, 2.24) is 24.7 Å². The molecule has 2 aromatic carbocycles. The molecule has 2 N–H and O–H groups in total. The van der Waals surface area contributed by atoms with Gasteiger partial charge in [-0.15, -0.1) is 0 Å². The van der Waals surface area contributed by atoms with E-state index in [0.717, 1.165) is 30.9 Å². The lowest BCUT2D eigenvalue weighted by Gasteiger charge is -2.25. The Hall–Kier alpha value is -3.53. The molecular formula is C22H23N7O2S. The lowest BCUT2D eigenvalue weighted by molar-refractivity contribution is 0.440. The lowest BCUT2D eigenvalue weighted by Crippen LogP contribution is -2.33. The molecule has 5 rings (SSSR count). The molecule has 0 saturated heterocycles. The SMILES string of the molecule is CCc1nc2n(n1)CC(Nc1nc3ccccc3nc1NS(=O)(=O)c1ccccc1)CC2. The molecule has 4 aromatic rings. The number of nitrogens with one attached hydrogen (secondary N) is 2. The second-order valence-electron chi connectivity index (χ2n) is 7.69. The van der Waals surface area contributed by atoms with Crippen LogP contribution in [0, 0.1) is 0 Å². The van der Waals surface area contributed by atoms with Gasteiger partial charge in [-0.2, -0.15) is 5.10 Å². The van der Waals surface area contributed by atoms with Crippen molar-refractivity contribution in [1.29, 1.82) is 0 Å². The Morgan fingerprint density at radius 2 is 1.66 bits per heavy atom. The van der Waals surface area contributed by atoms with Gasteiger partial charge < -0.3 is 5.32 Å². The van der Waals surface area contributed by atoms with Crippen molar-refractivity contribution < 1.29 is 8.42 Å². The first kappa shape index (κ1) is 20.4. The number of rotatable bonds is 6. The molecular weight excluding hydrogens is 426 g/mol. The number of hydrogen-bond acceptors (Lipinski definition) is 7. The third-order valence-corrected chi connectivity index (χ3v) is 6.77. The fourth-order valence-corrected chi connectivity index (χ4v) is 4.81. The second kappa shape index (κ2) is 8.19.